The van der Waals surface area contributed by atoms with Gasteiger partial charge in [0.05, 0.1) is 29.9 Å². The Hall–Kier alpha value is -3.46. The minimum Gasteiger partial charge on any atom is -0.441 e. The van der Waals surface area contributed by atoms with Gasteiger partial charge in [0, 0.05) is 18.0 Å². The van der Waals surface area contributed by atoms with Crippen molar-refractivity contribution in [2.75, 3.05) is 11.9 Å². The monoisotopic (exact) mass is 527 g/mol. The number of alkyl carbamates (subject to hydrolysis) is 1. The molecule has 200 valence electrons. The Labute approximate surface area is 207 Å². The highest BCUT2D eigenvalue weighted by Crippen LogP contribution is 2.40. The predicted octanol–water partition coefficient (Wildman–Crippen LogP) is 4.02. The molecule has 1 saturated carbocycles. The second kappa shape index (κ2) is 9.78. The molecule has 37 heavy (non-hydrogen) atoms. The number of aromatic amines is 1. The van der Waals surface area contributed by atoms with Crippen molar-refractivity contribution < 1.29 is 36.6 Å². The van der Waals surface area contributed by atoms with E-state index in [1.807, 2.05) is 0 Å². The fourth-order valence-corrected chi connectivity index (χ4v) is 3.97. The van der Waals surface area contributed by atoms with Crippen LogP contribution in [0.2, 0.25) is 0 Å². The molecule has 4 heterocycles. The highest BCUT2D eigenvalue weighted by atomic mass is 19.4. The van der Waals surface area contributed by atoms with Crippen LogP contribution >= 0.6 is 0 Å². The summed E-state index contributed by atoms with van der Waals surface area (Å²) in [4.78, 5) is 16.4. The van der Waals surface area contributed by atoms with E-state index >= 15 is 0 Å². The number of hydrogen-bond acceptors (Lipinski definition) is 8. The molecule has 3 aromatic rings. The number of H-pyrrole nitrogens is 1. The smallest absolute Gasteiger partial charge is 0.441 e. The lowest BCUT2D eigenvalue weighted by Gasteiger charge is -2.16. The zero-order valence-corrected chi connectivity index (χ0v) is 19.9. The van der Waals surface area contributed by atoms with Crippen molar-refractivity contribution in [1.82, 2.24) is 30.1 Å². The number of carbonyl (C=O) groups excluding carboxylic acids is 1. The first-order valence-corrected chi connectivity index (χ1v) is 11.7. The van der Waals surface area contributed by atoms with Crippen molar-refractivity contribution in [1.29, 1.82) is 0 Å². The number of nitrogens with one attached hydrogen (secondary N) is 3. The Balaban J connectivity index is 1.32. The lowest BCUT2D eigenvalue weighted by Crippen LogP contribution is -2.36. The predicted molar refractivity (Wildman–Crippen MR) is 120 cm³/mol. The summed E-state index contributed by atoms with van der Waals surface area (Å²) in [6, 6.07) is 2.81. The lowest BCUT2D eigenvalue weighted by atomic mass is 10.1. The minimum atomic E-state index is -4.78. The molecule has 2 fully saturated rings. The molecule has 0 unspecified atom stereocenters. The summed E-state index contributed by atoms with van der Waals surface area (Å²) < 4.78 is 68.4. The van der Waals surface area contributed by atoms with Gasteiger partial charge in [-0.05, 0) is 32.8 Å². The SMILES string of the molecule is CC(C)NC(=O)O[C@@H]1CO[C@H](c2cc(Nc3nc(C4CC4)cn4nc(COC(F)(F)F)cc34)n[nH]2)[C@@H]1F. The van der Waals surface area contributed by atoms with Crippen molar-refractivity contribution in [3.8, 4) is 0 Å². The third-order valence-corrected chi connectivity index (χ3v) is 5.80. The summed E-state index contributed by atoms with van der Waals surface area (Å²) in [6.07, 6.45) is -5.67. The number of carbonyl (C=O) groups is 1. The van der Waals surface area contributed by atoms with Crippen LogP contribution in [0.15, 0.2) is 18.3 Å². The van der Waals surface area contributed by atoms with Gasteiger partial charge >= 0.3 is 12.5 Å². The molecule has 3 aromatic heterocycles. The molecule has 0 spiro atoms. The number of aromatic nitrogens is 5. The van der Waals surface area contributed by atoms with Gasteiger partial charge in [-0.25, -0.2) is 18.7 Å². The number of amides is 1. The standard InChI is InChI=1S/C22H25F4N7O4/c1-10(2)27-21(34)37-16-9-35-19(18(16)23)13-6-17(31-30-13)29-20-15-5-12(8-36-22(24,25)26)32-33(15)7-14(28-20)11-3-4-11/h5-7,10-11,16,18-19H,3-4,8-9H2,1-2H3,(H,27,34)(H2,28,29,30,31)/t16-,18-,19-/m1/s1. The number of alkyl halides is 4. The van der Waals surface area contributed by atoms with E-state index in [0.717, 1.165) is 18.5 Å². The number of ether oxygens (including phenoxy) is 3. The van der Waals surface area contributed by atoms with Gasteiger partial charge in [-0.15, -0.1) is 13.2 Å². The van der Waals surface area contributed by atoms with E-state index in [-0.39, 0.29) is 30.1 Å². The molecule has 15 heteroatoms. The normalized spacial score (nSPS) is 22.1. The van der Waals surface area contributed by atoms with E-state index in [4.69, 9.17) is 9.47 Å². The van der Waals surface area contributed by atoms with Crippen molar-refractivity contribution in [2.45, 2.75) is 70.0 Å². The minimum absolute atomic E-state index is 0.0741. The van der Waals surface area contributed by atoms with E-state index < -0.39 is 37.4 Å². The molecule has 11 nitrogen and oxygen atoms in total. The van der Waals surface area contributed by atoms with Crippen LogP contribution in [0.3, 0.4) is 0 Å². The number of nitrogens with zero attached hydrogens (tertiary/aromatic N) is 4. The van der Waals surface area contributed by atoms with E-state index in [1.54, 1.807) is 20.0 Å². The van der Waals surface area contributed by atoms with Crippen molar-refractivity contribution in [2.24, 2.45) is 0 Å². The first kappa shape index (κ1) is 25.2. The van der Waals surface area contributed by atoms with Gasteiger partial charge < -0.3 is 20.1 Å². The Morgan fingerprint density at radius 2 is 2.11 bits per heavy atom. The summed E-state index contributed by atoms with van der Waals surface area (Å²) in [6.45, 7) is 2.64. The van der Waals surface area contributed by atoms with Gasteiger partial charge in [0.25, 0.3) is 0 Å². The Bertz CT molecular complexity index is 1270. The molecule has 0 aromatic carbocycles. The largest absolute Gasteiger partial charge is 0.522 e. The molecule has 0 bridgehead atoms. The fraction of sp³-hybridized carbons (Fsp3) is 0.545. The molecule has 3 atom stereocenters. The average molecular weight is 527 g/mol. The van der Waals surface area contributed by atoms with Crippen LogP contribution in [0.5, 0.6) is 0 Å². The van der Waals surface area contributed by atoms with Gasteiger partial charge in [0.2, 0.25) is 0 Å². The molecular formula is C22H25F4N7O4. The molecule has 1 aliphatic heterocycles. The van der Waals surface area contributed by atoms with E-state index in [0.29, 0.717) is 17.0 Å². The van der Waals surface area contributed by atoms with Crippen LogP contribution < -0.4 is 10.6 Å². The summed E-state index contributed by atoms with van der Waals surface area (Å²) in [5, 5.41) is 16.6. The molecule has 1 aliphatic carbocycles. The first-order valence-electron chi connectivity index (χ1n) is 11.7. The summed E-state index contributed by atoms with van der Waals surface area (Å²) >= 11 is 0. The number of halogens is 4. The van der Waals surface area contributed by atoms with Crippen LogP contribution in [0, 0.1) is 0 Å². The zero-order valence-electron chi connectivity index (χ0n) is 19.9. The highest BCUT2D eigenvalue weighted by Gasteiger charge is 2.42. The number of anilines is 2. The Morgan fingerprint density at radius 1 is 1.32 bits per heavy atom. The van der Waals surface area contributed by atoms with Crippen molar-refractivity contribution in [3.63, 3.8) is 0 Å². The molecule has 5 rings (SSSR count). The van der Waals surface area contributed by atoms with Crippen molar-refractivity contribution in [3.05, 3.63) is 35.4 Å². The molecule has 1 amide bonds. The fourth-order valence-electron chi connectivity index (χ4n) is 3.97. The second-order valence-corrected chi connectivity index (χ2v) is 9.26. The van der Waals surface area contributed by atoms with Crippen LogP contribution in [0.25, 0.3) is 5.52 Å². The van der Waals surface area contributed by atoms with E-state index in [2.05, 4.69) is 35.7 Å². The zero-order chi connectivity index (χ0) is 26.3. The van der Waals surface area contributed by atoms with E-state index in [9.17, 15) is 22.4 Å². The van der Waals surface area contributed by atoms with Gasteiger partial charge in [-0.2, -0.15) is 10.2 Å². The maximum atomic E-state index is 15.0. The van der Waals surface area contributed by atoms with Crippen LogP contribution in [-0.4, -0.2) is 62.2 Å². The van der Waals surface area contributed by atoms with Gasteiger partial charge in [0.1, 0.15) is 18.2 Å². The van der Waals surface area contributed by atoms with Gasteiger partial charge in [0.15, 0.2) is 23.9 Å². The van der Waals surface area contributed by atoms with Gasteiger partial charge in [-0.3, -0.25) is 9.84 Å². The molecule has 0 radical (unpaired) electrons. The molecular weight excluding hydrogens is 502 g/mol. The first-order chi connectivity index (χ1) is 17.6. The quantitative estimate of drug-likeness (QED) is 0.375. The van der Waals surface area contributed by atoms with E-state index in [1.165, 1.54) is 16.6 Å². The summed E-state index contributed by atoms with van der Waals surface area (Å²) in [5.41, 5.74) is 1.54. The van der Waals surface area contributed by atoms with Crippen LogP contribution in [0.4, 0.5) is 34.0 Å². The Morgan fingerprint density at radius 3 is 2.81 bits per heavy atom. The molecule has 3 N–H and O–H groups in total. The lowest BCUT2D eigenvalue weighted by molar-refractivity contribution is -0.330. The van der Waals surface area contributed by atoms with Crippen LogP contribution in [-0.2, 0) is 20.8 Å². The van der Waals surface area contributed by atoms with Crippen molar-refractivity contribution >= 4 is 23.2 Å². The number of fused-ring (bicyclic) bond motifs is 1. The van der Waals surface area contributed by atoms with Crippen LogP contribution in [0.1, 0.15) is 55.8 Å². The van der Waals surface area contributed by atoms with Gasteiger partial charge in [-0.1, -0.05) is 0 Å². The third kappa shape index (κ3) is 5.93. The number of rotatable bonds is 8. The average Bonchev–Trinajstić information content (AvgIpc) is 3.25. The highest BCUT2D eigenvalue weighted by molar-refractivity contribution is 5.73. The summed E-state index contributed by atoms with van der Waals surface area (Å²) in [5.74, 6) is 0.844. The second-order valence-electron chi connectivity index (χ2n) is 9.26. The number of hydrogen-bond donors (Lipinski definition) is 3. The maximum absolute atomic E-state index is 15.0. The summed E-state index contributed by atoms with van der Waals surface area (Å²) in [7, 11) is 0. The Kier molecular flexibility index (Phi) is 6.66. The maximum Gasteiger partial charge on any atom is 0.522 e. The third-order valence-electron chi connectivity index (χ3n) is 5.80. The topological polar surface area (TPSA) is 128 Å². The molecule has 2 aliphatic rings. The molecule has 1 saturated heterocycles.